The van der Waals surface area contributed by atoms with Crippen LogP contribution in [0.1, 0.15) is 71.4 Å². The van der Waals surface area contributed by atoms with Gasteiger partial charge in [-0.15, -0.1) is 0 Å². The molecule has 3 saturated heterocycles. The Balaban J connectivity index is 1.27. The lowest BCUT2D eigenvalue weighted by molar-refractivity contribution is -0.145. The summed E-state index contributed by atoms with van der Waals surface area (Å²) in [6.45, 7) is 9.11. The second kappa shape index (κ2) is 16.5. The zero-order chi connectivity index (χ0) is 36.8. The molecule has 9 atom stereocenters. The molecule has 0 saturated carbocycles. The molecular weight excluding hydrogens is 659 g/mol. The molecule has 1 spiro atoms. The lowest BCUT2D eigenvalue weighted by atomic mass is 9.87. The Kier molecular flexibility index (Phi) is 12.9. The molecule has 3 aliphatic heterocycles. The average Bonchev–Trinajstić information content (AvgIpc) is 3.80. The van der Waals surface area contributed by atoms with E-state index in [2.05, 4.69) is 17.6 Å². The van der Waals surface area contributed by atoms with Gasteiger partial charge >= 0.3 is 12.1 Å². The number of amides is 2. The van der Waals surface area contributed by atoms with E-state index < -0.39 is 53.6 Å². The number of nitrogens with two attached hydrogens (primary N) is 1. The van der Waals surface area contributed by atoms with Crippen LogP contribution in [0.4, 0.5) is 18.9 Å². The summed E-state index contributed by atoms with van der Waals surface area (Å²) in [5, 5.41) is 16.6. The average molecular weight is 708 g/mol. The zero-order valence-corrected chi connectivity index (χ0v) is 29.0. The Morgan fingerprint density at radius 3 is 2.56 bits per heavy atom. The third kappa shape index (κ3) is 10.9. The maximum atomic E-state index is 13.2. The van der Waals surface area contributed by atoms with Crippen molar-refractivity contribution in [3.05, 3.63) is 65.3 Å². The monoisotopic (exact) mass is 707 g/mol. The number of nitrogen functional groups attached to an aromatic ring is 1. The number of alkyl halides is 3. The number of aliphatic hydroxyl groups is 1. The highest BCUT2D eigenvalue weighted by molar-refractivity contribution is 5.87. The van der Waals surface area contributed by atoms with Crippen LogP contribution in [0.25, 0.3) is 0 Å². The zero-order valence-electron chi connectivity index (χ0n) is 29.0. The predicted octanol–water partition coefficient (Wildman–Crippen LogP) is 4.28. The van der Waals surface area contributed by atoms with Crippen LogP contribution in [0.3, 0.4) is 0 Å². The minimum atomic E-state index is -4.60. The Labute approximate surface area is 290 Å². The van der Waals surface area contributed by atoms with E-state index >= 15 is 0 Å². The fourth-order valence-corrected chi connectivity index (χ4v) is 6.33. The Bertz CT molecular complexity index is 1470. The van der Waals surface area contributed by atoms with Crippen molar-refractivity contribution in [1.82, 2.24) is 10.6 Å². The van der Waals surface area contributed by atoms with Crippen molar-refractivity contribution < 1.29 is 51.6 Å². The van der Waals surface area contributed by atoms with Crippen LogP contribution in [0.15, 0.2) is 54.2 Å². The van der Waals surface area contributed by atoms with E-state index in [0.717, 1.165) is 24.1 Å². The number of rotatable bonds is 12. The molecule has 0 bridgehead atoms. The van der Waals surface area contributed by atoms with Gasteiger partial charge in [0.05, 0.1) is 42.9 Å². The number of hydrogen-bond donors (Lipinski definition) is 4. The maximum absolute atomic E-state index is 13.2. The fourth-order valence-electron chi connectivity index (χ4n) is 6.33. The van der Waals surface area contributed by atoms with E-state index in [-0.39, 0.29) is 54.3 Å². The van der Waals surface area contributed by atoms with Crippen LogP contribution in [-0.2, 0) is 46.1 Å². The molecular formula is C36H48F3N3O8. The van der Waals surface area contributed by atoms with Crippen molar-refractivity contribution >= 4 is 23.5 Å². The molecule has 5 N–H and O–H groups in total. The van der Waals surface area contributed by atoms with E-state index in [0.29, 0.717) is 19.4 Å². The molecule has 0 aliphatic carbocycles. The summed E-state index contributed by atoms with van der Waals surface area (Å²) >= 11 is 0. The molecule has 0 aromatic heterocycles. The molecule has 4 rings (SSSR count). The number of halogens is 3. The summed E-state index contributed by atoms with van der Waals surface area (Å²) in [5.74, 6) is -0.961. The van der Waals surface area contributed by atoms with Crippen molar-refractivity contribution in [3.8, 4) is 0 Å². The SMILES string of the molecule is CC(=O)O[C@@H](C)/C=C\C(=O)N[C@@H]1C[C@H](C)[C@H](C/C=C(C)/C=C/[C@H]2O[C@H](CC(=O)NCc3ccc(N)c(C(F)(F)F)c3)C[C@@]3(CO3)[C@@H]2O)O[C@@H]1C. The second-order valence-corrected chi connectivity index (χ2v) is 13.5. The molecule has 3 fully saturated rings. The van der Waals surface area contributed by atoms with Crippen LogP contribution in [0, 0.1) is 5.92 Å². The van der Waals surface area contributed by atoms with Gasteiger partial charge in [0, 0.05) is 31.7 Å². The van der Waals surface area contributed by atoms with E-state index in [1.54, 1.807) is 13.0 Å². The molecule has 3 heterocycles. The summed E-state index contributed by atoms with van der Waals surface area (Å²) in [6, 6.07) is 3.33. The number of carbonyl (C=O) groups excluding carboxylic acids is 3. The minimum Gasteiger partial charge on any atom is -0.459 e. The van der Waals surface area contributed by atoms with Gasteiger partial charge in [0.1, 0.15) is 23.9 Å². The van der Waals surface area contributed by atoms with E-state index in [9.17, 15) is 32.7 Å². The van der Waals surface area contributed by atoms with Gasteiger partial charge in [-0.1, -0.05) is 36.8 Å². The quantitative estimate of drug-likeness (QED) is 0.0817. The summed E-state index contributed by atoms with van der Waals surface area (Å²) in [4.78, 5) is 36.2. The van der Waals surface area contributed by atoms with Gasteiger partial charge < -0.3 is 40.4 Å². The number of nitrogens with one attached hydrogen (secondary N) is 2. The molecule has 1 aromatic rings. The summed E-state index contributed by atoms with van der Waals surface area (Å²) in [5.41, 5.74) is 4.49. The second-order valence-electron chi connectivity index (χ2n) is 13.5. The van der Waals surface area contributed by atoms with Crippen molar-refractivity contribution in [2.45, 2.75) is 121 Å². The minimum absolute atomic E-state index is 0.0572. The number of ether oxygens (including phenoxy) is 4. The van der Waals surface area contributed by atoms with Gasteiger partial charge in [-0.25, -0.2) is 0 Å². The van der Waals surface area contributed by atoms with Crippen molar-refractivity contribution in [1.29, 1.82) is 0 Å². The molecule has 11 nitrogen and oxygen atoms in total. The smallest absolute Gasteiger partial charge is 0.418 e. The number of anilines is 1. The molecule has 1 aromatic carbocycles. The number of carbonyl (C=O) groups is 3. The number of benzene rings is 1. The summed E-state index contributed by atoms with van der Waals surface area (Å²) in [7, 11) is 0. The standard InChI is InChI=1S/C36H48F3N3O8/c1-20(6-11-30-21(2)14-29(23(4)49-30)42-32(44)13-8-22(3)48-24(5)43)7-12-31-34(46)35(19-47-35)17-26(50-31)16-33(45)41-18-25-9-10-28(40)27(15-25)36(37,38)39/h6-10,12-13,15,21-23,26,29-31,34,46H,11,14,16-19,40H2,1-5H3,(H,41,45)(H,42,44)/b12-7+,13-8-,20-6+/t21-,22-,23+,26+,29+,30-,31+,34+,35+/m0/s1. The molecule has 50 heavy (non-hydrogen) atoms. The van der Waals surface area contributed by atoms with E-state index in [4.69, 9.17) is 24.7 Å². The van der Waals surface area contributed by atoms with Crippen LogP contribution >= 0.6 is 0 Å². The highest BCUT2D eigenvalue weighted by atomic mass is 19.4. The first-order chi connectivity index (χ1) is 23.5. The molecule has 2 amide bonds. The van der Waals surface area contributed by atoms with E-state index in [1.807, 2.05) is 26.0 Å². The topological polar surface area (TPSA) is 162 Å². The Hall–Kier alpha value is -3.72. The summed E-state index contributed by atoms with van der Waals surface area (Å²) < 4.78 is 62.6. The van der Waals surface area contributed by atoms with Gasteiger partial charge in [0.2, 0.25) is 11.8 Å². The molecule has 3 aliphatic rings. The van der Waals surface area contributed by atoms with Crippen molar-refractivity contribution in [2.75, 3.05) is 12.3 Å². The molecule has 14 heteroatoms. The Morgan fingerprint density at radius 2 is 1.90 bits per heavy atom. The third-order valence-electron chi connectivity index (χ3n) is 9.25. The lowest BCUT2D eigenvalue weighted by Gasteiger charge is -2.39. The first-order valence-electron chi connectivity index (χ1n) is 16.8. The van der Waals surface area contributed by atoms with Gasteiger partial charge in [-0.2, -0.15) is 13.2 Å². The number of esters is 1. The first-order valence-corrected chi connectivity index (χ1v) is 16.8. The molecule has 0 unspecified atom stereocenters. The maximum Gasteiger partial charge on any atom is 0.418 e. The Morgan fingerprint density at radius 1 is 1.18 bits per heavy atom. The van der Waals surface area contributed by atoms with E-state index in [1.165, 1.54) is 25.1 Å². The lowest BCUT2D eigenvalue weighted by Crippen LogP contribution is -2.50. The highest BCUT2D eigenvalue weighted by Gasteiger charge is 2.58. The number of allylic oxidation sites excluding steroid dienone is 2. The van der Waals surface area contributed by atoms with Crippen LogP contribution in [-0.4, -0.2) is 77.8 Å². The van der Waals surface area contributed by atoms with Crippen LogP contribution < -0.4 is 16.4 Å². The molecule has 276 valence electrons. The first kappa shape index (κ1) is 39.1. The third-order valence-corrected chi connectivity index (χ3v) is 9.25. The normalized spacial score (nSPS) is 30.7. The predicted molar refractivity (Wildman–Crippen MR) is 178 cm³/mol. The molecule has 0 radical (unpaired) electrons. The van der Waals surface area contributed by atoms with Crippen molar-refractivity contribution in [3.63, 3.8) is 0 Å². The number of epoxide rings is 1. The number of hydrogen-bond acceptors (Lipinski definition) is 9. The van der Waals surface area contributed by atoms with Gasteiger partial charge in [0.15, 0.2) is 0 Å². The fraction of sp³-hybridized carbons (Fsp3) is 0.583. The van der Waals surface area contributed by atoms with Crippen molar-refractivity contribution in [2.24, 2.45) is 5.92 Å². The van der Waals surface area contributed by atoms with Gasteiger partial charge in [-0.05, 0) is 63.3 Å². The number of aliphatic hydroxyl groups excluding tert-OH is 1. The largest absolute Gasteiger partial charge is 0.459 e. The van der Waals surface area contributed by atoms with Crippen LogP contribution in [0.2, 0.25) is 0 Å². The highest BCUT2D eigenvalue weighted by Crippen LogP contribution is 2.43. The van der Waals surface area contributed by atoms with Gasteiger partial charge in [-0.3, -0.25) is 14.4 Å². The summed E-state index contributed by atoms with van der Waals surface area (Å²) in [6.07, 6.45) is 2.46. The van der Waals surface area contributed by atoms with Gasteiger partial charge in [0.25, 0.3) is 0 Å². The van der Waals surface area contributed by atoms with Crippen LogP contribution in [0.5, 0.6) is 0 Å².